The van der Waals surface area contributed by atoms with Crippen LogP contribution in [-0.4, -0.2) is 49.1 Å². The van der Waals surface area contributed by atoms with Crippen LogP contribution in [0.4, 0.5) is 0 Å². The maximum Gasteiger partial charge on any atom is 0.192 e. The summed E-state index contributed by atoms with van der Waals surface area (Å²) in [5, 5.41) is 20.2. The van der Waals surface area contributed by atoms with Gasteiger partial charge in [0.1, 0.15) is 11.7 Å². The second-order valence-corrected chi connectivity index (χ2v) is 12.2. The van der Waals surface area contributed by atoms with Crippen LogP contribution < -0.4 is 0 Å². The van der Waals surface area contributed by atoms with E-state index in [0.29, 0.717) is 0 Å². The van der Waals surface area contributed by atoms with E-state index in [0.717, 1.165) is 0 Å². The van der Waals surface area contributed by atoms with Crippen molar-refractivity contribution in [3.63, 3.8) is 0 Å². The highest BCUT2D eigenvalue weighted by Crippen LogP contribution is 2.41. The molecule has 0 aromatic carbocycles. The molecule has 0 aromatic heterocycles. The standard InChI is InChI=1S/C15H30O4Si/c1-11(16)8-9-15(17)10-18-12(2)13(15)19-20(6,7)14(3,4)5/h8-9,11-13,16-17H,10H2,1-7H3/b9-8+/t11-,12?,13+,15+/m0/s1. The lowest BCUT2D eigenvalue weighted by Crippen LogP contribution is -2.52. The van der Waals surface area contributed by atoms with E-state index in [1.807, 2.05) is 6.92 Å². The molecule has 0 spiro atoms. The molecule has 1 aliphatic heterocycles. The molecular formula is C15H30O4Si. The predicted molar refractivity (Wildman–Crippen MR) is 83.3 cm³/mol. The molecule has 1 rings (SSSR count). The molecule has 0 radical (unpaired) electrons. The highest BCUT2D eigenvalue weighted by atomic mass is 28.4. The Labute approximate surface area is 123 Å². The molecular weight excluding hydrogens is 272 g/mol. The molecule has 1 aliphatic rings. The van der Waals surface area contributed by atoms with Crippen LogP contribution in [0.1, 0.15) is 34.6 Å². The number of aliphatic hydroxyl groups is 2. The highest BCUT2D eigenvalue weighted by molar-refractivity contribution is 6.74. The Morgan fingerprint density at radius 3 is 2.40 bits per heavy atom. The molecule has 1 fully saturated rings. The zero-order chi connectivity index (χ0) is 15.8. The first kappa shape index (κ1) is 17.8. The molecule has 4 nitrogen and oxygen atoms in total. The maximum absolute atomic E-state index is 10.8. The van der Waals surface area contributed by atoms with Crippen LogP contribution in [0.2, 0.25) is 18.1 Å². The van der Waals surface area contributed by atoms with Crippen LogP contribution in [0.15, 0.2) is 12.2 Å². The fourth-order valence-corrected chi connectivity index (χ4v) is 3.37. The Morgan fingerprint density at radius 1 is 1.40 bits per heavy atom. The lowest BCUT2D eigenvalue weighted by atomic mass is 9.96. The summed E-state index contributed by atoms with van der Waals surface area (Å²) in [7, 11) is -1.99. The molecule has 1 unspecified atom stereocenters. The van der Waals surface area contributed by atoms with Gasteiger partial charge in [-0.3, -0.25) is 0 Å². The average Bonchev–Trinajstić information content (AvgIpc) is 2.54. The van der Waals surface area contributed by atoms with E-state index in [2.05, 4.69) is 33.9 Å². The van der Waals surface area contributed by atoms with Crippen molar-refractivity contribution in [2.75, 3.05) is 6.61 Å². The lowest BCUT2D eigenvalue weighted by Gasteiger charge is -2.41. The number of hydrogen-bond acceptors (Lipinski definition) is 4. The van der Waals surface area contributed by atoms with Crippen LogP contribution in [0.3, 0.4) is 0 Å². The first-order valence-corrected chi connectivity index (χ1v) is 10.2. The third kappa shape index (κ3) is 3.92. The molecule has 4 atom stereocenters. The monoisotopic (exact) mass is 302 g/mol. The molecule has 2 N–H and O–H groups in total. The largest absolute Gasteiger partial charge is 0.408 e. The van der Waals surface area contributed by atoms with Crippen molar-refractivity contribution in [2.45, 2.75) is 76.7 Å². The van der Waals surface area contributed by atoms with E-state index in [-0.39, 0.29) is 17.7 Å². The van der Waals surface area contributed by atoms with Gasteiger partial charge in [-0.2, -0.15) is 0 Å². The Morgan fingerprint density at radius 2 is 1.95 bits per heavy atom. The third-order valence-electron chi connectivity index (χ3n) is 4.39. The lowest BCUT2D eigenvalue weighted by molar-refractivity contribution is -0.00560. The van der Waals surface area contributed by atoms with Gasteiger partial charge >= 0.3 is 0 Å². The summed E-state index contributed by atoms with van der Waals surface area (Å²) in [5.74, 6) is 0. The van der Waals surface area contributed by atoms with Crippen molar-refractivity contribution in [1.29, 1.82) is 0 Å². The van der Waals surface area contributed by atoms with E-state index in [4.69, 9.17) is 9.16 Å². The van der Waals surface area contributed by atoms with Crippen LogP contribution in [0, 0.1) is 0 Å². The minimum Gasteiger partial charge on any atom is -0.408 e. The van der Waals surface area contributed by atoms with Gasteiger partial charge in [0.15, 0.2) is 8.32 Å². The zero-order valence-corrected chi connectivity index (χ0v) is 14.8. The van der Waals surface area contributed by atoms with Gasteiger partial charge in [-0.05, 0) is 38.1 Å². The Kier molecular flexibility index (Phi) is 5.25. The summed E-state index contributed by atoms with van der Waals surface area (Å²) in [6.45, 7) is 14.6. The van der Waals surface area contributed by atoms with Gasteiger partial charge in [0, 0.05) is 0 Å². The SMILES string of the molecule is CC1OC[C@](O)(/C=C/[C@H](C)O)[C@@H]1O[Si](C)(C)C(C)(C)C. The van der Waals surface area contributed by atoms with Crippen molar-refractivity contribution in [3.05, 3.63) is 12.2 Å². The van der Waals surface area contributed by atoms with Gasteiger partial charge in [-0.15, -0.1) is 0 Å². The Hall–Kier alpha value is -0.203. The van der Waals surface area contributed by atoms with Crippen molar-refractivity contribution < 1.29 is 19.4 Å². The maximum atomic E-state index is 10.8. The molecule has 0 amide bonds. The zero-order valence-electron chi connectivity index (χ0n) is 13.8. The summed E-state index contributed by atoms with van der Waals surface area (Å²) in [6, 6.07) is 0. The van der Waals surface area contributed by atoms with Gasteiger partial charge in [0.05, 0.1) is 18.8 Å². The van der Waals surface area contributed by atoms with E-state index in [1.165, 1.54) is 0 Å². The highest BCUT2D eigenvalue weighted by Gasteiger charge is 2.50. The average molecular weight is 302 g/mol. The van der Waals surface area contributed by atoms with Gasteiger partial charge in [0.2, 0.25) is 0 Å². The van der Waals surface area contributed by atoms with Crippen LogP contribution in [0.5, 0.6) is 0 Å². The summed E-state index contributed by atoms with van der Waals surface area (Å²) in [6.07, 6.45) is 2.07. The van der Waals surface area contributed by atoms with Crippen molar-refractivity contribution in [2.24, 2.45) is 0 Å². The fourth-order valence-electron chi connectivity index (χ4n) is 1.98. The second kappa shape index (κ2) is 5.89. The van der Waals surface area contributed by atoms with E-state index in [1.54, 1.807) is 19.1 Å². The quantitative estimate of drug-likeness (QED) is 0.619. The molecule has 1 saturated heterocycles. The molecule has 0 aromatic rings. The van der Waals surface area contributed by atoms with E-state index < -0.39 is 26.1 Å². The van der Waals surface area contributed by atoms with Crippen LogP contribution in [0.25, 0.3) is 0 Å². The van der Waals surface area contributed by atoms with Crippen molar-refractivity contribution in [1.82, 2.24) is 0 Å². The smallest absolute Gasteiger partial charge is 0.192 e. The van der Waals surface area contributed by atoms with Crippen molar-refractivity contribution in [3.8, 4) is 0 Å². The van der Waals surface area contributed by atoms with E-state index in [9.17, 15) is 10.2 Å². The van der Waals surface area contributed by atoms with Gasteiger partial charge in [0.25, 0.3) is 0 Å². The van der Waals surface area contributed by atoms with Crippen molar-refractivity contribution >= 4 is 8.32 Å². The molecule has 0 bridgehead atoms. The number of rotatable bonds is 4. The number of hydrogen-bond donors (Lipinski definition) is 2. The summed E-state index contributed by atoms with van der Waals surface area (Å²) >= 11 is 0. The summed E-state index contributed by atoms with van der Waals surface area (Å²) < 4.78 is 11.9. The van der Waals surface area contributed by atoms with Gasteiger partial charge < -0.3 is 19.4 Å². The molecule has 0 aliphatic carbocycles. The first-order chi connectivity index (χ1) is 8.89. The fraction of sp³-hybridized carbons (Fsp3) is 0.867. The summed E-state index contributed by atoms with van der Waals surface area (Å²) in [4.78, 5) is 0. The van der Waals surface area contributed by atoms with Gasteiger partial charge in [-0.25, -0.2) is 0 Å². The van der Waals surface area contributed by atoms with Crippen LogP contribution >= 0.6 is 0 Å². The Balaban J connectivity index is 2.95. The predicted octanol–water partition coefficient (Wildman–Crippen LogP) is 2.46. The number of ether oxygens (including phenoxy) is 1. The first-order valence-electron chi connectivity index (χ1n) is 7.28. The van der Waals surface area contributed by atoms with E-state index >= 15 is 0 Å². The Bertz CT molecular complexity index is 359. The normalized spacial score (nSPS) is 33.9. The van der Waals surface area contributed by atoms with Crippen LogP contribution in [-0.2, 0) is 9.16 Å². The molecule has 118 valence electrons. The molecule has 1 heterocycles. The third-order valence-corrected chi connectivity index (χ3v) is 8.84. The number of aliphatic hydroxyl groups excluding tert-OH is 1. The van der Waals surface area contributed by atoms with Gasteiger partial charge in [-0.1, -0.05) is 26.8 Å². The molecule has 0 saturated carbocycles. The minimum atomic E-state index is -1.99. The second-order valence-electron chi connectivity index (χ2n) is 7.41. The molecule has 5 heteroatoms. The topological polar surface area (TPSA) is 58.9 Å². The summed E-state index contributed by atoms with van der Waals surface area (Å²) in [5.41, 5.74) is -1.16. The molecule has 20 heavy (non-hydrogen) atoms. The minimum absolute atomic E-state index is 0.0736.